The molecular weight excluding hydrogens is 411 g/mol. The Balaban J connectivity index is 1.64. The topological polar surface area (TPSA) is 147 Å². The fourth-order valence-electron chi connectivity index (χ4n) is 2.79. The van der Waals surface area contributed by atoms with Gasteiger partial charge in [0.05, 0.1) is 17.6 Å². The summed E-state index contributed by atoms with van der Waals surface area (Å²) >= 11 is 0. The Bertz CT molecular complexity index is 1160. The van der Waals surface area contributed by atoms with Crippen LogP contribution < -0.4 is 11.1 Å². The highest BCUT2D eigenvalue weighted by Crippen LogP contribution is 2.29. The van der Waals surface area contributed by atoms with E-state index in [1.54, 1.807) is 13.8 Å². The lowest BCUT2D eigenvalue weighted by Crippen LogP contribution is -2.31. The van der Waals surface area contributed by atoms with Crippen LogP contribution in [-0.4, -0.2) is 41.0 Å². The number of nitrogens with one attached hydrogen (secondary N) is 1. The first-order valence-corrected chi connectivity index (χ1v) is 9.22. The van der Waals surface area contributed by atoms with Gasteiger partial charge in [-0.1, -0.05) is 12.1 Å². The fraction of sp³-hybridized carbons (Fsp3) is 0.250. The Labute approximate surface area is 175 Å². The third-order valence-corrected chi connectivity index (χ3v) is 4.16. The standard InChI is InChI=1S/C20H19FN4O6/c1-3-29-20(28)15-10(2)31-19-16(15)17(22)24-13(25-19)9-30-14(26)8-23-18(27)11-6-4-5-7-12(11)21/h4-7H,3,8-9H2,1-2H3,(H,23,27)(H2,22,24,25). The predicted octanol–water partition coefficient (Wildman–Crippen LogP) is 1.90. The van der Waals surface area contributed by atoms with Crippen LogP contribution in [0.2, 0.25) is 0 Å². The molecule has 3 N–H and O–H groups in total. The lowest BCUT2D eigenvalue weighted by molar-refractivity contribution is -0.143. The van der Waals surface area contributed by atoms with Gasteiger partial charge in [-0.05, 0) is 26.0 Å². The van der Waals surface area contributed by atoms with Crippen molar-refractivity contribution in [2.24, 2.45) is 0 Å². The first-order chi connectivity index (χ1) is 14.8. The Hall–Kier alpha value is -4.02. The van der Waals surface area contributed by atoms with Gasteiger partial charge in [0.2, 0.25) is 5.71 Å². The third kappa shape index (κ3) is 4.77. The molecule has 0 bridgehead atoms. The summed E-state index contributed by atoms with van der Waals surface area (Å²) in [4.78, 5) is 44.1. The minimum absolute atomic E-state index is 0.0305. The fourth-order valence-corrected chi connectivity index (χ4v) is 2.79. The second-order valence-electron chi connectivity index (χ2n) is 6.28. The number of aromatic nitrogens is 2. The van der Waals surface area contributed by atoms with Crippen molar-refractivity contribution in [2.45, 2.75) is 20.5 Å². The van der Waals surface area contributed by atoms with E-state index >= 15 is 0 Å². The molecule has 1 amide bonds. The van der Waals surface area contributed by atoms with Crippen LogP contribution in [0.25, 0.3) is 11.1 Å². The van der Waals surface area contributed by atoms with Crippen molar-refractivity contribution >= 4 is 34.8 Å². The molecule has 0 aliphatic carbocycles. The summed E-state index contributed by atoms with van der Waals surface area (Å²) in [6, 6.07) is 5.36. The molecule has 2 heterocycles. The second-order valence-corrected chi connectivity index (χ2v) is 6.28. The van der Waals surface area contributed by atoms with Crippen molar-refractivity contribution in [3.05, 3.63) is 52.8 Å². The number of hydrogen-bond donors (Lipinski definition) is 2. The molecule has 0 atom stereocenters. The lowest BCUT2D eigenvalue weighted by atomic mass is 10.2. The molecule has 11 heteroatoms. The maximum Gasteiger partial charge on any atom is 0.342 e. The number of aryl methyl sites for hydroxylation is 1. The normalized spacial score (nSPS) is 10.7. The average Bonchev–Trinajstić information content (AvgIpc) is 3.07. The highest BCUT2D eigenvalue weighted by molar-refractivity contribution is 6.07. The van der Waals surface area contributed by atoms with Gasteiger partial charge in [0, 0.05) is 0 Å². The van der Waals surface area contributed by atoms with E-state index in [1.165, 1.54) is 18.2 Å². The molecule has 0 saturated heterocycles. The van der Waals surface area contributed by atoms with Crippen molar-refractivity contribution < 1.29 is 32.7 Å². The zero-order valence-electron chi connectivity index (χ0n) is 16.7. The van der Waals surface area contributed by atoms with Crippen LogP contribution in [0.1, 0.15) is 39.2 Å². The number of anilines is 1. The van der Waals surface area contributed by atoms with E-state index in [1.807, 2.05) is 0 Å². The number of halogens is 1. The number of benzene rings is 1. The quantitative estimate of drug-likeness (QED) is 0.536. The van der Waals surface area contributed by atoms with Crippen molar-refractivity contribution in [2.75, 3.05) is 18.9 Å². The van der Waals surface area contributed by atoms with E-state index in [0.717, 1.165) is 6.07 Å². The number of furan rings is 1. The zero-order chi connectivity index (χ0) is 22.5. The molecule has 3 rings (SSSR count). The number of carbonyl (C=O) groups is 3. The number of hydrogen-bond acceptors (Lipinski definition) is 9. The Kier molecular flexibility index (Phi) is 6.43. The maximum absolute atomic E-state index is 13.6. The first-order valence-electron chi connectivity index (χ1n) is 9.22. The number of fused-ring (bicyclic) bond motifs is 1. The van der Waals surface area contributed by atoms with E-state index in [-0.39, 0.29) is 52.8 Å². The molecule has 0 fully saturated rings. The first kappa shape index (κ1) is 21.7. The molecular formula is C20H19FN4O6. The second kappa shape index (κ2) is 9.20. The Morgan fingerprint density at radius 3 is 2.65 bits per heavy atom. The summed E-state index contributed by atoms with van der Waals surface area (Å²) in [5, 5.41) is 2.47. The minimum atomic E-state index is -0.796. The van der Waals surface area contributed by atoms with Gasteiger partial charge < -0.3 is 24.9 Å². The molecule has 3 aromatic rings. The van der Waals surface area contributed by atoms with Crippen LogP contribution in [0.4, 0.5) is 10.2 Å². The van der Waals surface area contributed by atoms with Crippen molar-refractivity contribution in [3.8, 4) is 0 Å². The van der Waals surface area contributed by atoms with Gasteiger partial charge in [0.15, 0.2) is 12.4 Å². The molecule has 0 aliphatic rings. The van der Waals surface area contributed by atoms with E-state index < -0.39 is 30.2 Å². The zero-order valence-corrected chi connectivity index (χ0v) is 16.7. The smallest absolute Gasteiger partial charge is 0.342 e. The monoisotopic (exact) mass is 430 g/mol. The maximum atomic E-state index is 13.6. The van der Waals surface area contributed by atoms with Crippen molar-refractivity contribution in [3.63, 3.8) is 0 Å². The number of amides is 1. The number of ether oxygens (including phenoxy) is 2. The van der Waals surface area contributed by atoms with Crippen LogP contribution in [0.15, 0.2) is 28.7 Å². The van der Waals surface area contributed by atoms with E-state index in [9.17, 15) is 18.8 Å². The molecule has 0 radical (unpaired) electrons. The van der Waals surface area contributed by atoms with Gasteiger partial charge in [0.1, 0.15) is 29.5 Å². The van der Waals surface area contributed by atoms with Crippen LogP contribution >= 0.6 is 0 Å². The number of nitrogens with two attached hydrogens (primary N) is 1. The highest BCUT2D eigenvalue weighted by Gasteiger charge is 2.24. The summed E-state index contributed by atoms with van der Waals surface area (Å²) in [6.45, 7) is 2.56. The number of nitrogens with zero attached hydrogens (tertiary/aromatic N) is 2. The number of carbonyl (C=O) groups excluding carboxylic acids is 3. The summed E-state index contributed by atoms with van der Waals surface area (Å²) in [7, 11) is 0. The molecule has 0 saturated carbocycles. The highest BCUT2D eigenvalue weighted by atomic mass is 19.1. The molecule has 10 nitrogen and oxygen atoms in total. The van der Waals surface area contributed by atoms with E-state index in [0.29, 0.717) is 0 Å². The SMILES string of the molecule is CCOC(=O)c1c(C)oc2nc(COC(=O)CNC(=O)c3ccccc3F)nc(N)c12. The van der Waals surface area contributed by atoms with Crippen LogP contribution in [-0.2, 0) is 20.9 Å². The Morgan fingerprint density at radius 1 is 1.19 bits per heavy atom. The molecule has 2 aromatic heterocycles. The van der Waals surface area contributed by atoms with Crippen LogP contribution in [0.3, 0.4) is 0 Å². The van der Waals surface area contributed by atoms with Gasteiger partial charge in [-0.15, -0.1) is 0 Å². The molecule has 1 aromatic carbocycles. The van der Waals surface area contributed by atoms with Crippen LogP contribution in [0, 0.1) is 12.7 Å². The summed E-state index contributed by atoms with van der Waals surface area (Å²) in [6.07, 6.45) is 0. The lowest BCUT2D eigenvalue weighted by Gasteiger charge is -2.07. The largest absolute Gasteiger partial charge is 0.462 e. The number of nitrogen functional groups attached to an aromatic ring is 1. The molecule has 0 spiro atoms. The van der Waals surface area contributed by atoms with Gasteiger partial charge in [-0.3, -0.25) is 9.59 Å². The van der Waals surface area contributed by atoms with Gasteiger partial charge in [-0.25, -0.2) is 14.2 Å². The summed E-state index contributed by atoms with van der Waals surface area (Å²) < 4.78 is 29.0. The van der Waals surface area contributed by atoms with Crippen molar-refractivity contribution in [1.29, 1.82) is 0 Å². The Morgan fingerprint density at radius 2 is 1.94 bits per heavy atom. The van der Waals surface area contributed by atoms with Crippen LogP contribution in [0.5, 0.6) is 0 Å². The predicted molar refractivity (Wildman–Crippen MR) is 105 cm³/mol. The summed E-state index contributed by atoms with van der Waals surface area (Å²) in [5.74, 6) is -2.61. The van der Waals surface area contributed by atoms with E-state index in [4.69, 9.17) is 19.6 Å². The molecule has 0 unspecified atom stereocenters. The van der Waals surface area contributed by atoms with Gasteiger partial charge in [-0.2, -0.15) is 4.98 Å². The van der Waals surface area contributed by atoms with Crippen molar-refractivity contribution in [1.82, 2.24) is 15.3 Å². The van der Waals surface area contributed by atoms with Gasteiger partial charge >= 0.3 is 11.9 Å². The molecule has 31 heavy (non-hydrogen) atoms. The minimum Gasteiger partial charge on any atom is -0.462 e. The number of esters is 2. The van der Waals surface area contributed by atoms with E-state index in [2.05, 4.69) is 15.3 Å². The van der Waals surface area contributed by atoms with Gasteiger partial charge in [0.25, 0.3) is 5.91 Å². The third-order valence-electron chi connectivity index (χ3n) is 4.16. The molecule has 162 valence electrons. The molecule has 0 aliphatic heterocycles. The average molecular weight is 430 g/mol. The summed E-state index contributed by atoms with van der Waals surface area (Å²) in [5.41, 5.74) is 5.93. The number of rotatable bonds is 7.